The number of likely N-dealkylation sites (tertiary alicyclic amines) is 1. The Morgan fingerprint density at radius 2 is 2.07 bits per heavy atom. The third-order valence-corrected chi connectivity index (χ3v) is 5.80. The lowest BCUT2D eigenvalue weighted by atomic mass is 9.91. The summed E-state index contributed by atoms with van der Waals surface area (Å²) in [6.45, 7) is 4.68. The van der Waals surface area contributed by atoms with E-state index < -0.39 is 0 Å². The number of carbonyl (C=O) groups is 1. The van der Waals surface area contributed by atoms with Gasteiger partial charge in [0.1, 0.15) is 5.82 Å². The van der Waals surface area contributed by atoms with Crippen LogP contribution in [-0.4, -0.2) is 51.7 Å². The van der Waals surface area contributed by atoms with E-state index in [4.69, 9.17) is 4.98 Å². The number of piperidine rings is 2. The van der Waals surface area contributed by atoms with Gasteiger partial charge in [0.15, 0.2) is 5.82 Å². The fourth-order valence-corrected chi connectivity index (χ4v) is 4.21. The summed E-state index contributed by atoms with van der Waals surface area (Å²) in [5.74, 6) is 2.49. The van der Waals surface area contributed by atoms with Gasteiger partial charge in [-0.25, -0.2) is 4.98 Å². The Bertz CT molecular complexity index is 790. The van der Waals surface area contributed by atoms with Crippen LogP contribution >= 0.6 is 0 Å². The highest BCUT2D eigenvalue weighted by Gasteiger charge is 2.29. The lowest BCUT2D eigenvalue weighted by Gasteiger charge is -2.35. The topological polar surface area (TPSA) is 85.9 Å². The van der Waals surface area contributed by atoms with Crippen LogP contribution in [-0.2, 0) is 11.2 Å². The number of hydrogen-bond acceptors (Lipinski definition) is 5. The van der Waals surface area contributed by atoms with Crippen LogP contribution in [0.3, 0.4) is 0 Å². The maximum atomic E-state index is 12.7. The molecule has 0 unspecified atom stereocenters. The van der Waals surface area contributed by atoms with Gasteiger partial charge in [0.25, 0.3) is 0 Å². The van der Waals surface area contributed by atoms with E-state index in [2.05, 4.69) is 31.8 Å². The Kier molecular flexibility index (Phi) is 5.90. The Morgan fingerprint density at radius 1 is 1.21 bits per heavy atom. The molecule has 0 saturated carbocycles. The molecule has 2 saturated heterocycles. The van der Waals surface area contributed by atoms with Crippen molar-refractivity contribution in [2.24, 2.45) is 5.92 Å². The van der Waals surface area contributed by atoms with Crippen LogP contribution in [0.4, 0.5) is 11.6 Å². The summed E-state index contributed by atoms with van der Waals surface area (Å²) in [5, 5.41) is 13.8. The van der Waals surface area contributed by atoms with Gasteiger partial charge in [0, 0.05) is 30.5 Å². The number of amides is 1. The van der Waals surface area contributed by atoms with Crippen molar-refractivity contribution in [3.8, 4) is 0 Å². The average Bonchev–Trinajstić information content (AvgIpc) is 3.13. The first kappa shape index (κ1) is 18.9. The smallest absolute Gasteiger partial charge is 0.239 e. The summed E-state index contributed by atoms with van der Waals surface area (Å²) in [6.07, 6.45) is 6.39. The number of rotatable bonds is 5. The van der Waals surface area contributed by atoms with E-state index in [1.54, 1.807) is 0 Å². The molecule has 4 heterocycles. The number of nitrogens with zero attached hydrogens (tertiary/aromatic N) is 3. The molecule has 2 aromatic rings. The minimum Gasteiger partial charge on any atom is -0.341 e. The molecule has 0 radical (unpaired) electrons. The molecule has 0 aliphatic carbocycles. The van der Waals surface area contributed by atoms with Gasteiger partial charge in [-0.05, 0) is 63.6 Å². The number of aromatic nitrogens is 3. The van der Waals surface area contributed by atoms with Gasteiger partial charge in [-0.3, -0.25) is 9.89 Å². The Morgan fingerprint density at radius 3 is 2.79 bits per heavy atom. The number of anilines is 2. The van der Waals surface area contributed by atoms with Crippen LogP contribution in [0.1, 0.15) is 43.5 Å². The first-order valence-electron chi connectivity index (χ1n) is 10.4. The highest BCUT2D eigenvalue weighted by molar-refractivity contribution is 5.82. The summed E-state index contributed by atoms with van der Waals surface area (Å²) >= 11 is 0. The van der Waals surface area contributed by atoms with E-state index in [0.717, 1.165) is 74.8 Å². The third-order valence-electron chi connectivity index (χ3n) is 5.80. The summed E-state index contributed by atoms with van der Waals surface area (Å²) in [6, 6.07) is 8.09. The van der Waals surface area contributed by atoms with Gasteiger partial charge in [-0.2, -0.15) is 5.10 Å². The Labute approximate surface area is 166 Å². The van der Waals surface area contributed by atoms with Crippen molar-refractivity contribution in [3.05, 3.63) is 35.7 Å². The summed E-state index contributed by atoms with van der Waals surface area (Å²) in [7, 11) is 0. The first-order chi connectivity index (χ1) is 13.7. The lowest BCUT2D eigenvalue weighted by molar-refractivity contribution is -0.135. The van der Waals surface area contributed by atoms with Gasteiger partial charge in [-0.1, -0.05) is 12.5 Å². The normalized spacial score (nSPS) is 20.9. The van der Waals surface area contributed by atoms with Crippen LogP contribution in [0.25, 0.3) is 0 Å². The van der Waals surface area contributed by atoms with Gasteiger partial charge in [-0.15, -0.1) is 0 Å². The molecule has 0 bridgehead atoms. The molecule has 150 valence electrons. The quantitative estimate of drug-likeness (QED) is 0.740. The largest absolute Gasteiger partial charge is 0.341 e. The molecule has 1 amide bonds. The third kappa shape index (κ3) is 4.70. The van der Waals surface area contributed by atoms with Crippen molar-refractivity contribution in [1.82, 2.24) is 25.4 Å². The Balaban J connectivity index is 1.28. The second kappa shape index (κ2) is 8.73. The number of hydrogen-bond donors (Lipinski definition) is 3. The highest BCUT2D eigenvalue weighted by atomic mass is 16.2. The molecule has 2 aromatic heterocycles. The number of nitrogens with one attached hydrogen (secondary N) is 3. The van der Waals surface area contributed by atoms with Crippen molar-refractivity contribution < 1.29 is 4.79 Å². The molecule has 7 nitrogen and oxygen atoms in total. The molecule has 2 aliphatic rings. The van der Waals surface area contributed by atoms with E-state index in [1.807, 2.05) is 25.1 Å². The van der Waals surface area contributed by atoms with Crippen molar-refractivity contribution in [3.63, 3.8) is 0 Å². The van der Waals surface area contributed by atoms with E-state index in [0.29, 0.717) is 11.8 Å². The number of aromatic amines is 1. The highest BCUT2D eigenvalue weighted by Crippen LogP contribution is 2.23. The van der Waals surface area contributed by atoms with E-state index >= 15 is 0 Å². The molecule has 7 heteroatoms. The molecular formula is C21H30N6O. The predicted octanol–water partition coefficient (Wildman–Crippen LogP) is 2.78. The van der Waals surface area contributed by atoms with Gasteiger partial charge in [0.2, 0.25) is 5.91 Å². The number of pyridine rings is 1. The van der Waals surface area contributed by atoms with Crippen LogP contribution < -0.4 is 10.6 Å². The number of carbonyl (C=O) groups excluding carboxylic acids is 1. The number of aryl methyl sites for hydroxylation is 1. The van der Waals surface area contributed by atoms with Crippen LogP contribution in [0.5, 0.6) is 0 Å². The molecular weight excluding hydrogens is 352 g/mol. The van der Waals surface area contributed by atoms with E-state index in [1.165, 1.54) is 6.42 Å². The second-order valence-electron chi connectivity index (χ2n) is 8.05. The zero-order valence-electron chi connectivity index (χ0n) is 16.6. The van der Waals surface area contributed by atoms with Gasteiger partial charge >= 0.3 is 0 Å². The van der Waals surface area contributed by atoms with Crippen molar-refractivity contribution in [2.75, 3.05) is 25.0 Å². The van der Waals surface area contributed by atoms with Crippen molar-refractivity contribution in [2.45, 2.75) is 51.5 Å². The zero-order chi connectivity index (χ0) is 19.3. The van der Waals surface area contributed by atoms with E-state index in [-0.39, 0.29) is 6.04 Å². The fraction of sp³-hybridized carbons (Fsp3) is 0.571. The van der Waals surface area contributed by atoms with Crippen LogP contribution in [0, 0.1) is 12.8 Å². The SMILES string of the molecule is Cc1cc(Nc2cccc(CC3CCN(C(=O)[C@@H]4CCCCN4)CC3)n2)n[nH]1. The minimum atomic E-state index is 0.0420. The fourth-order valence-electron chi connectivity index (χ4n) is 4.21. The second-order valence-corrected chi connectivity index (χ2v) is 8.05. The maximum absolute atomic E-state index is 12.7. The van der Waals surface area contributed by atoms with Gasteiger partial charge in [0.05, 0.1) is 6.04 Å². The Hall–Kier alpha value is -2.41. The number of H-pyrrole nitrogens is 1. The standard InChI is InChI=1S/C21H30N6O/c1-15-13-20(26-25-15)24-19-7-4-5-17(23-19)14-16-8-11-27(12-9-16)21(28)18-6-2-3-10-22-18/h4-5,7,13,16,18,22H,2-3,6,8-12,14H2,1H3,(H2,23,24,25,26)/t18-/m0/s1. The molecule has 2 aliphatic heterocycles. The van der Waals surface area contributed by atoms with Crippen LogP contribution in [0.2, 0.25) is 0 Å². The summed E-state index contributed by atoms with van der Waals surface area (Å²) in [5.41, 5.74) is 2.11. The van der Waals surface area contributed by atoms with Crippen LogP contribution in [0.15, 0.2) is 24.3 Å². The zero-order valence-corrected chi connectivity index (χ0v) is 16.6. The monoisotopic (exact) mass is 382 g/mol. The molecule has 2 fully saturated rings. The molecule has 3 N–H and O–H groups in total. The van der Waals surface area contributed by atoms with Crippen molar-refractivity contribution >= 4 is 17.5 Å². The average molecular weight is 383 g/mol. The molecule has 4 rings (SSSR count). The molecule has 28 heavy (non-hydrogen) atoms. The summed E-state index contributed by atoms with van der Waals surface area (Å²) < 4.78 is 0. The molecule has 1 atom stereocenters. The maximum Gasteiger partial charge on any atom is 0.239 e. The molecule has 0 aromatic carbocycles. The summed E-state index contributed by atoms with van der Waals surface area (Å²) in [4.78, 5) is 19.5. The van der Waals surface area contributed by atoms with E-state index in [9.17, 15) is 4.79 Å². The predicted molar refractivity (Wildman–Crippen MR) is 109 cm³/mol. The minimum absolute atomic E-state index is 0.0420. The molecule has 0 spiro atoms. The lowest BCUT2D eigenvalue weighted by Crippen LogP contribution is -2.50. The first-order valence-corrected chi connectivity index (χ1v) is 10.4. The van der Waals surface area contributed by atoms with Gasteiger partial charge < -0.3 is 15.5 Å². The van der Waals surface area contributed by atoms with Crippen molar-refractivity contribution in [1.29, 1.82) is 0 Å².